The van der Waals surface area contributed by atoms with Crippen LogP contribution in [0.3, 0.4) is 0 Å². The van der Waals surface area contributed by atoms with Gasteiger partial charge < -0.3 is 5.11 Å². The van der Waals surface area contributed by atoms with Crippen LogP contribution in [0.1, 0.15) is 25.7 Å². The zero-order chi connectivity index (χ0) is 6.97. The van der Waals surface area contributed by atoms with Crippen molar-refractivity contribution in [3.05, 3.63) is 0 Å². The van der Waals surface area contributed by atoms with Gasteiger partial charge in [0.1, 0.15) is 0 Å². The highest BCUT2D eigenvalue weighted by Crippen LogP contribution is 2.31. The molecule has 2 aliphatic rings. The summed E-state index contributed by atoms with van der Waals surface area (Å²) in [6.07, 6.45) is 5.27. The summed E-state index contributed by atoms with van der Waals surface area (Å²) in [6, 6.07) is 1.34. The summed E-state index contributed by atoms with van der Waals surface area (Å²) in [5.41, 5.74) is 0. The second kappa shape index (κ2) is 2.51. The zero-order valence-electron chi connectivity index (χ0n) is 6.29. The fourth-order valence-electron chi connectivity index (χ4n) is 2.40. The van der Waals surface area contributed by atoms with Crippen LogP contribution in [-0.2, 0) is 0 Å². The molecule has 2 heterocycles. The highest BCUT2D eigenvalue weighted by molar-refractivity contribution is 4.91. The van der Waals surface area contributed by atoms with Gasteiger partial charge in [0, 0.05) is 12.1 Å². The molecule has 0 aromatic heterocycles. The van der Waals surface area contributed by atoms with Crippen LogP contribution in [0.4, 0.5) is 0 Å². The number of nitrogens with zero attached hydrogens (tertiary/aromatic N) is 1. The van der Waals surface area contributed by atoms with Crippen LogP contribution in [0.15, 0.2) is 0 Å². The standard InChI is InChI=1S/C8H15NO/c10-6-8-4-3-7-2-1-5-9(7)8/h7-8,10H,1-6H2/t7-,8?/m0/s1. The van der Waals surface area contributed by atoms with E-state index in [4.69, 9.17) is 5.11 Å². The Kier molecular flexibility index (Phi) is 1.66. The minimum Gasteiger partial charge on any atom is -0.395 e. The maximum atomic E-state index is 8.97. The molecule has 10 heavy (non-hydrogen) atoms. The molecule has 2 heteroatoms. The SMILES string of the molecule is OCC1CC[C@@H]2CCCN12. The van der Waals surface area contributed by atoms with Crippen molar-refractivity contribution >= 4 is 0 Å². The van der Waals surface area contributed by atoms with E-state index in [0.717, 1.165) is 6.04 Å². The lowest BCUT2D eigenvalue weighted by atomic mass is 10.1. The number of rotatable bonds is 1. The van der Waals surface area contributed by atoms with Crippen molar-refractivity contribution in [2.24, 2.45) is 0 Å². The number of hydrogen-bond donors (Lipinski definition) is 1. The lowest BCUT2D eigenvalue weighted by Gasteiger charge is -2.21. The van der Waals surface area contributed by atoms with Gasteiger partial charge >= 0.3 is 0 Å². The molecule has 0 bridgehead atoms. The maximum Gasteiger partial charge on any atom is 0.0586 e. The molecule has 2 aliphatic heterocycles. The third-order valence-corrected chi connectivity index (χ3v) is 2.94. The minimum absolute atomic E-state index is 0.372. The predicted molar refractivity (Wildman–Crippen MR) is 39.8 cm³/mol. The van der Waals surface area contributed by atoms with Gasteiger partial charge in [-0.05, 0) is 32.2 Å². The van der Waals surface area contributed by atoms with E-state index in [0.29, 0.717) is 12.6 Å². The lowest BCUT2D eigenvalue weighted by Crippen LogP contribution is -2.33. The Bertz CT molecular complexity index is 126. The summed E-state index contributed by atoms with van der Waals surface area (Å²) in [7, 11) is 0. The molecule has 2 fully saturated rings. The molecular formula is C8H15NO. The van der Waals surface area contributed by atoms with Gasteiger partial charge in [-0.25, -0.2) is 0 Å². The van der Waals surface area contributed by atoms with Crippen LogP contribution in [0.2, 0.25) is 0 Å². The van der Waals surface area contributed by atoms with Crippen molar-refractivity contribution in [1.82, 2.24) is 4.90 Å². The third-order valence-electron chi connectivity index (χ3n) is 2.94. The molecule has 0 aromatic rings. The van der Waals surface area contributed by atoms with Crippen LogP contribution in [0, 0.1) is 0 Å². The van der Waals surface area contributed by atoms with Gasteiger partial charge in [-0.2, -0.15) is 0 Å². The quantitative estimate of drug-likeness (QED) is 0.578. The lowest BCUT2D eigenvalue weighted by molar-refractivity contribution is 0.155. The van der Waals surface area contributed by atoms with E-state index in [1.165, 1.54) is 32.2 Å². The molecule has 1 N–H and O–H groups in total. The molecule has 58 valence electrons. The van der Waals surface area contributed by atoms with E-state index in [1.54, 1.807) is 0 Å². The topological polar surface area (TPSA) is 23.5 Å². The third kappa shape index (κ3) is 0.867. The molecule has 0 aliphatic carbocycles. The Morgan fingerprint density at radius 2 is 2.20 bits per heavy atom. The fourth-order valence-corrected chi connectivity index (χ4v) is 2.40. The summed E-state index contributed by atoms with van der Waals surface area (Å²) in [5, 5.41) is 8.97. The van der Waals surface area contributed by atoms with E-state index in [2.05, 4.69) is 4.90 Å². The predicted octanol–water partition coefficient (Wildman–Crippen LogP) is 0.605. The van der Waals surface area contributed by atoms with Crippen LogP contribution < -0.4 is 0 Å². The molecular weight excluding hydrogens is 126 g/mol. The van der Waals surface area contributed by atoms with E-state index in [9.17, 15) is 0 Å². The largest absolute Gasteiger partial charge is 0.395 e. The normalized spacial score (nSPS) is 40.5. The average Bonchev–Trinajstić information content (AvgIpc) is 2.44. The Balaban J connectivity index is 2.01. The summed E-state index contributed by atoms with van der Waals surface area (Å²) < 4.78 is 0. The molecule has 0 spiro atoms. The molecule has 0 radical (unpaired) electrons. The first-order valence-corrected chi connectivity index (χ1v) is 4.28. The number of aliphatic hydroxyl groups excluding tert-OH is 1. The second-order valence-electron chi connectivity index (χ2n) is 3.45. The van der Waals surface area contributed by atoms with Crippen molar-refractivity contribution in [3.63, 3.8) is 0 Å². The van der Waals surface area contributed by atoms with E-state index in [-0.39, 0.29) is 0 Å². The highest BCUT2D eigenvalue weighted by Gasteiger charge is 2.35. The van der Waals surface area contributed by atoms with Crippen LogP contribution in [0.5, 0.6) is 0 Å². The second-order valence-corrected chi connectivity index (χ2v) is 3.45. The first-order chi connectivity index (χ1) is 4.92. The zero-order valence-corrected chi connectivity index (χ0v) is 6.29. The molecule has 2 atom stereocenters. The summed E-state index contributed by atoms with van der Waals surface area (Å²) in [6.45, 7) is 1.60. The van der Waals surface area contributed by atoms with E-state index < -0.39 is 0 Å². The first kappa shape index (κ1) is 6.62. The van der Waals surface area contributed by atoms with Gasteiger partial charge in [-0.1, -0.05) is 0 Å². The molecule has 2 rings (SSSR count). The Morgan fingerprint density at radius 1 is 1.30 bits per heavy atom. The summed E-state index contributed by atoms with van der Waals surface area (Å²) in [5.74, 6) is 0. The number of hydrogen-bond acceptors (Lipinski definition) is 2. The molecule has 2 nitrogen and oxygen atoms in total. The van der Waals surface area contributed by atoms with E-state index >= 15 is 0 Å². The first-order valence-electron chi connectivity index (χ1n) is 4.28. The summed E-state index contributed by atoms with van der Waals surface area (Å²) >= 11 is 0. The molecule has 0 amide bonds. The Labute approximate surface area is 61.8 Å². The maximum absolute atomic E-state index is 8.97. The van der Waals surface area contributed by atoms with Crippen molar-refractivity contribution in [2.75, 3.05) is 13.2 Å². The van der Waals surface area contributed by atoms with Crippen molar-refractivity contribution in [2.45, 2.75) is 37.8 Å². The van der Waals surface area contributed by atoms with Gasteiger partial charge in [0.05, 0.1) is 6.61 Å². The Hall–Kier alpha value is -0.0800. The molecule has 1 unspecified atom stereocenters. The van der Waals surface area contributed by atoms with Crippen LogP contribution in [0.25, 0.3) is 0 Å². The van der Waals surface area contributed by atoms with Crippen LogP contribution >= 0.6 is 0 Å². The number of aliphatic hydroxyl groups is 1. The van der Waals surface area contributed by atoms with Gasteiger partial charge in [0.2, 0.25) is 0 Å². The average molecular weight is 141 g/mol. The fraction of sp³-hybridized carbons (Fsp3) is 1.00. The molecule has 0 aromatic carbocycles. The Morgan fingerprint density at radius 3 is 3.00 bits per heavy atom. The monoisotopic (exact) mass is 141 g/mol. The molecule has 0 saturated carbocycles. The minimum atomic E-state index is 0.372. The van der Waals surface area contributed by atoms with Crippen molar-refractivity contribution in [3.8, 4) is 0 Å². The van der Waals surface area contributed by atoms with Gasteiger partial charge in [0.15, 0.2) is 0 Å². The van der Waals surface area contributed by atoms with Crippen molar-refractivity contribution < 1.29 is 5.11 Å². The summed E-state index contributed by atoms with van der Waals surface area (Å²) in [4.78, 5) is 2.49. The van der Waals surface area contributed by atoms with Gasteiger partial charge in [-0.3, -0.25) is 4.90 Å². The number of fused-ring (bicyclic) bond motifs is 1. The van der Waals surface area contributed by atoms with Gasteiger partial charge in [0.25, 0.3) is 0 Å². The van der Waals surface area contributed by atoms with Crippen molar-refractivity contribution in [1.29, 1.82) is 0 Å². The van der Waals surface area contributed by atoms with Crippen LogP contribution in [-0.4, -0.2) is 35.2 Å². The van der Waals surface area contributed by atoms with Gasteiger partial charge in [-0.15, -0.1) is 0 Å². The molecule has 2 saturated heterocycles. The van der Waals surface area contributed by atoms with E-state index in [1.807, 2.05) is 0 Å². The highest BCUT2D eigenvalue weighted by atomic mass is 16.3. The smallest absolute Gasteiger partial charge is 0.0586 e.